The molecule has 74 valence electrons. The lowest BCUT2D eigenvalue weighted by molar-refractivity contribution is -0.181. The topological polar surface area (TPSA) is 26.3 Å². The molecule has 0 bridgehead atoms. The maximum atomic E-state index is 13.3. The molecule has 0 atom stereocenters. The highest BCUT2D eigenvalue weighted by Gasteiger charge is 2.48. The molecule has 13 heavy (non-hydrogen) atoms. The van der Waals surface area contributed by atoms with Crippen LogP contribution >= 0.6 is 0 Å². The third-order valence-electron chi connectivity index (χ3n) is 2.06. The lowest BCUT2D eigenvalue weighted by Gasteiger charge is -2.33. The van der Waals surface area contributed by atoms with E-state index in [1.54, 1.807) is 0 Å². The minimum Gasteiger partial charge on any atom is -0.249 e. The number of carbonyl (C=O) groups excluding carboxylic acids is 1. The van der Waals surface area contributed by atoms with Gasteiger partial charge in [-0.05, 0) is 19.3 Å². The fourth-order valence-electron chi connectivity index (χ4n) is 1.21. The Labute approximate surface area is 71.1 Å². The van der Waals surface area contributed by atoms with E-state index in [2.05, 4.69) is 4.94 Å². The van der Waals surface area contributed by atoms with Crippen LogP contribution in [0.4, 0.5) is 17.7 Å². The number of carbonyl (C=O) groups is 1. The molecule has 1 saturated carbocycles. The smallest absolute Gasteiger partial charge is 0.249 e. The highest BCUT2D eigenvalue weighted by Crippen LogP contribution is 2.44. The molecule has 0 unspecified atom stereocenters. The van der Waals surface area contributed by atoms with Crippen molar-refractivity contribution in [1.82, 2.24) is 0 Å². The summed E-state index contributed by atoms with van der Waals surface area (Å²) in [5, 5.41) is 0. The average molecular weight is 198 g/mol. The van der Waals surface area contributed by atoms with Crippen molar-refractivity contribution < 1.29 is 27.4 Å². The zero-order chi connectivity index (χ0) is 10.1. The lowest BCUT2D eigenvalue weighted by Crippen LogP contribution is -2.38. The van der Waals surface area contributed by atoms with Crippen molar-refractivity contribution in [3.8, 4) is 0 Å². The first kappa shape index (κ1) is 10.0. The second-order valence-corrected chi connectivity index (χ2v) is 2.82. The summed E-state index contributed by atoms with van der Waals surface area (Å²) in [5.41, 5.74) is -3.89. The van der Waals surface area contributed by atoms with Crippen LogP contribution in [0.5, 0.6) is 0 Å². The summed E-state index contributed by atoms with van der Waals surface area (Å²) in [5.74, 6) is -1.94. The minimum absolute atomic E-state index is 0.200. The predicted molar refractivity (Wildman–Crippen MR) is 34.1 cm³/mol. The van der Waals surface area contributed by atoms with Crippen LogP contribution in [-0.2, 0) is 9.74 Å². The molecule has 0 saturated heterocycles. The Morgan fingerprint density at radius 1 is 1.31 bits per heavy atom. The Hall–Kier alpha value is -1.07. The maximum Gasteiger partial charge on any atom is 0.384 e. The normalized spacial score (nSPS) is 18.8. The molecule has 0 aliphatic heterocycles. The van der Waals surface area contributed by atoms with Crippen LogP contribution in [0.25, 0.3) is 0 Å². The van der Waals surface area contributed by atoms with Gasteiger partial charge in [-0.3, -0.25) is 0 Å². The van der Waals surface area contributed by atoms with Crippen molar-refractivity contribution in [2.75, 3.05) is 0 Å². The van der Waals surface area contributed by atoms with E-state index in [1.807, 2.05) is 0 Å². The van der Waals surface area contributed by atoms with E-state index in [-0.39, 0.29) is 12.8 Å². The van der Waals surface area contributed by atoms with Gasteiger partial charge in [0, 0.05) is 4.53 Å². The molecule has 0 amide bonds. The predicted octanol–water partition coefficient (Wildman–Crippen LogP) is 2.46. The van der Waals surface area contributed by atoms with Gasteiger partial charge >= 0.3 is 5.97 Å². The average Bonchev–Trinajstić information content (AvgIpc) is 2.00. The molecular formula is C7H6F4O2. The minimum atomic E-state index is -2.52. The Morgan fingerprint density at radius 3 is 2.08 bits per heavy atom. The summed E-state index contributed by atoms with van der Waals surface area (Å²) >= 11 is 0. The molecule has 1 aliphatic rings. The van der Waals surface area contributed by atoms with Crippen LogP contribution in [0.3, 0.4) is 0 Å². The van der Waals surface area contributed by atoms with Crippen LogP contribution in [0.2, 0.25) is 0 Å². The van der Waals surface area contributed by atoms with Gasteiger partial charge in [0.1, 0.15) is 11.2 Å². The summed E-state index contributed by atoms with van der Waals surface area (Å²) in [7, 11) is 0. The molecule has 0 aromatic rings. The van der Waals surface area contributed by atoms with Gasteiger partial charge in [-0.15, -0.1) is 0 Å². The van der Waals surface area contributed by atoms with Crippen molar-refractivity contribution in [3.05, 3.63) is 11.7 Å². The van der Waals surface area contributed by atoms with E-state index >= 15 is 0 Å². The van der Waals surface area contributed by atoms with Gasteiger partial charge in [-0.2, -0.15) is 8.78 Å². The fourth-order valence-corrected chi connectivity index (χ4v) is 1.21. The Morgan fingerprint density at radius 2 is 1.85 bits per heavy atom. The van der Waals surface area contributed by atoms with Gasteiger partial charge in [-0.25, -0.2) is 14.1 Å². The molecule has 0 radical (unpaired) electrons. The van der Waals surface area contributed by atoms with Crippen LogP contribution in [0, 0.1) is 0 Å². The first-order chi connectivity index (χ1) is 6.01. The molecule has 2 nitrogen and oxygen atoms in total. The molecule has 1 aliphatic carbocycles. The second kappa shape index (κ2) is 3.35. The van der Waals surface area contributed by atoms with Crippen molar-refractivity contribution in [2.45, 2.75) is 24.9 Å². The van der Waals surface area contributed by atoms with E-state index in [1.165, 1.54) is 0 Å². The largest absolute Gasteiger partial charge is 0.384 e. The molecule has 0 heterocycles. The SMILES string of the molecule is O=C(OF)C(=C(F)F)C1(F)CCC1. The summed E-state index contributed by atoms with van der Waals surface area (Å²) in [6.07, 6.45) is -2.53. The van der Waals surface area contributed by atoms with Gasteiger partial charge in [0.2, 0.25) is 0 Å². The Balaban J connectivity index is 2.94. The summed E-state index contributed by atoms with van der Waals surface area (Å²) in [6, 6.07) is 0. The fraction of sp³-hybridized carbons (Fsp3) is 0.571. The van der Waals surface area contributed by atoms with Crippen molar-refractivity contribution in [3.63, 3.8) is 0 Å². The van der Waals surface area contributed by atoms with E-state index in [0.29, 0.717) is 6.42 Å². The number of hydrogen-bond donors (Lipinski definition) is 0. The Bertz CT molecular complexity index is 253. The standard InChI is InChI=1S/C7H6F4O2/c8-5(9)4(6(12)13-11)7(10)2-1-3-7/h1-3H2. The summed E-state index contributed by atoms with van der Waals surface area (Å²) in [4.78, 5) is 13.0. The monoisotopic (exact) mass is 198 g/mol. The number of rotatable bonds is 2. The maximum absolute atomic E-state index is 13.3. The molecule has 0 spiro atoms. The highest BCUT2D eigenvalue weighted by molar-refractivity contribution is 5.90. The molecule has 1 fully saturated rings. The van der Waals surface area contributed by atoms with Crippen LogP contribution in [0.15, 0.2) is 11.7 Å². The van der Waals surface area contributed by atoms with Crippen LogP contribution < -0.4 is 0 Å². The second-order valence-electron chi connectivity index (χ2n) is 2.82. The summed E-state index contributed by atoms with van der Waals surface area (Å²) < 4.78 is 48.6. The third-order valence-corrected chi connectivity index (χ3v) is 2.06. The molecule has 0 aromatic heterocycles. The number of halogens is 4. The quantitative estimate of drug-likeness (QED) is 0.503. The Kier molecular flexibility index (Phi) is 2.58. The highest BCUT2D eigenvalue weighted by atomic mass is 19.3. The third kappa shape index (κ3) is 1.66. The van der Waals surface area contributed by atoms with Crippen molar-refractivity contribution in [2.24, 2.45) is 0 Å². The first-order valence-corrected chi connectivity index (χ1v) is 3.59. The number of hydrogen-bond acceptors (Lipinski definition) is 2. The molecule has 6 heteroatoms. The van der Waals surface area contributed by atoms with E-state index in [4.69, 9.17) is 0 Å². The molecule has 1 rings (SSSR count). The van der Waals surface area contributed by atoms with E-state index in [0.717, 1.165) is 0 Å². The van der Waals surface area contributed by atoms with Crippen LogP contribution in [0.1, 0.15) is 19.3 Å². The lowest BCUT2D eigenvalue weighted by atomic mass is 9.76. The van der Waals surface area contributed by atoms with Crippen LogP contribution in [-0.4, -0.2) is 11.6 Å². The zero-order valence-electron chi connectivity index (χ0n) is 6.45. The van der Waals surface area contributed by atoms with Crippen molar-refractivity contribution in [1.29, 1.82) is 0 Å². The van der Waals surface area contributed by atoms with Gasteiger partial charge in [0.05, 0.1) is 0 Å². The van der Waals surface area contributed by atoms with E-state index in [9.17, 15) is 22.5 Å². The molecular weight excluding hydrogens is 192 g/mol. The first-order valence-electron chi connectivity index (χ1n) is 3.59. The van der Waals surface area contributed by atoms with Gasteiger partial charge in [0.25, 0.3) is 6.08 Å². The van der Waals surface area contributed by atoms with Gasteiger partial charge in [0.15, 0.2) is 0 Å². The number of alkyl halides is 1. The zero-order valence-corrected chi connectivity index (χ0v) is 6.45. The van der Waals surface area contributed by atoms with Gasteiger partial charge in [-0.1, -0.05) is 0 Å². The molecule has 0 aromatic carbocycles. The van der Waals surface area contributed by atoms with Crippen molar-refractivity contribution >= 4 is 5.97 Å². The van der Waals surface area contributed by atoms with E-state index < -0.39 is 23.3 Å². The molecule has 0 N–H and O–H groups in total. The van der Waals surface area contributed by atoms with Gasteiger partial charge < -0.3 is 0 Å². The summed E-state index contributed by atoms with van der Waals surface area (Å²) in [6.45, 7) is 0.